The summed E-state index contributed by atoms with van der Waals surface area (Å²) >= 11 is 8.03. The van der Waals surface area contributed by atoms with Gasteiger partial charge in [0.15, 0.2) is 0 Å². The highest BCUT2D eigenvalue weighted by Crippen LogP contribution is 2.39. The Bertz CT molecular complexity index is 338. The predicted octanol–water partition coefficient (Wildman–Crippen LogP) is 3.88. The summed E-state index contributed by atoms with van der Waals surface area (Å²) in [7, 11) is 0. The summed E-state index contributed by atoms with van der Waals surface area (Å²) in [4.78, 5) is 1.27. The van der Waals surface area contributed by atoms with Gasteiger partial charge in [0.05, 0.1) is 10.7 Å². The van der Waals surface area contributed by atoms with Gasteiger partial charge < -0.3 is 5.32 Å². The summed E-state index contributed by atoms with van der Waals surface area (Å²) in [6.07, 6.45) is 0. The smallest absolute Gasteiger partial charge is 0.0670 e. The van der Waals surface area contributed by atoms with Crippen LogP contribution in [0, 0.1) is 5.92 Å². The Hall–Kier alpha value is -0.340. The van der Waals surface area contributed by atoms with E-state index in [2.05, 4.69) is 25.2 Å². The highest BCUT2D eigenvalue weighted by molar-refractivity contribution is 7.99. The van der Waals surface area contributed by atoms with Gasteiger partial charge in [-0.25, -0.2) is 0 Å². The molecule has 0 saturated heterocycles. The molecule has 1 unspecified atom stereocenters. The van der Waals surface area contributed by atoms with Crippen molar-refractivity contribution in [1.29, 1.82) is 0 Å². The Labute approximate surface area is 94.2 Å². The van der Waals surface area contributed by atoms with Crippen LogP contribution in [0.25, 0.3) is 0 Å². The minimum atomic E-state index is 0.535. The van der Waals surface area contributed by atoms with Crippen LogP contribution < -0.4 is 5.32 Å². The van der Waals surface area contributed by atoms with E-state index in [-0.39, 0.29) is 0 Å². The summed E-state index contributed by atoms with van der Waals surface area (Å²) in [5.41, 5.74) is 1.11. The van der Waals surface area contributed by atoms with Gasteiger partial charge in [-0.05, 0) is 18.1 Å². The molecule has 1 aromatic carbocycles. The number of thioether (sulfide) groups is 1. The Kier molecular flexibility index (Phi) is 2.93. The third kappa shape index (κ3) is 1.86. The first-order valence-corrected chi connectivity index (χ1v) is 6.22. The van der Waals surface area contributed by atoms with E-state index in [1.807, 2.05) is 23.9 Å². The van der Waals surface area contributed by atoms with Crippen LogP contribution in [0.1, 0.15) is 13.8 Å². The maximum Gasteiger partial charge on any atom is 0.0670 e. The fourth-order valence-electron chi connectivity index (χ4n) is 1.53. The average molecular weight is 228 g/mol. The van der Waals surface area contributed by atoms with Crippen LogP contribution in [0.4, 0.5) is 5.69 Å². The number of hydrogen-bond acceptors (Lipinski definition) is 2. The minimum Gasteiger partial charge on any atom is -0.379 e. The molecule has 76 valence electrons. The third-order valence-electron chi connectivity index (χ3n) is 2.53. The topological polar surface area (TPSA) is 12.0 Å². The number of hydrogen-bond donors (Lipinski definition) is 1. The molecule has 1 aromatic rings. The normalized spacial score (nSPS) is 20.4. The fraction of sp³-hybridized carbons (Fsp3) is 0.455. The van der Waals surface area contributed by atoms with Gasteiger partial charge in [0.2, 0.25) is 0 Å². The average Bonchev–Trinajstić information content (AvgIpc) is 2.18. The number of fused-ring (bicyclic) bond motifs is 1. The summed E-state index contributed by atoms with van der Waals surface area (Å²) in [5.74, 6) is 1.78. The van der Waals surface area contributed by atoms with Crippen molar-refractivity contribution in [3.05, 3.63) is 23.2 Å². The SMILES string of the molecule is CC(C)C1CSc2cccc(Cl)c2N1. The van der Waals surface area contributed by atoms with E-state index >= 15 is 0 Å². The van der Waals surface area contributed by atoms with Crippen molar-refractivity contribution in [3.63, 3.8) is 0 Å². The van der Waals surface area contributed by atoms with Gasteiger partial charge >= 0.3 is 0 Å². The quantitative estimate of drug-likeness (QED) is 0.782. The molecular formula is C11H14ClNS. The van der Waals surface area contributed by atoms with Crippen LogP contribution in [0.5, 0.6) is 0 Å². The molecule has 0 radical (unpaired) electrons. The first-order valence-electron chi connectivity index (χ1n) is 4.86. The summed E-state index contributed by atoms with van der Waals surface area (Å²) in [5, 5.41) is 4.35. The molecule has 14 heavy (non-hydrogen) atoms. The Morgan fingerprint density at radius 3 is 3.00 bits per heavy atom. The lowest BCUT2D eigenvalue weighted by Crippen LogP contribution is -2.31. The zero-order valence-corrected chi connectivity index (χ0v) is 9.95. The number of halogens is 1. The molecule has 0 amide bonds. The molecule has 1 N–H and O–H groups in total. The van der Waals surface area contributed by atoms with Crippen molar-refractivity contribution >= 4 is 29.1 Å². The molecule has 0 aromatic heterocycles. The molecule has 1 nitrogen and oxygen atoms in total. The van der Waals surface area contributed by atoms with Crippen molar-refractivity contribution in [2.24, 2.45) is 5.92 Å². The molecule has 0 aliphatic carbocycles. The summed E-state index contributed by atoms with van der Waals surface area (Å²) in [6, 6.07) is 6.60. The fourth-order valence-corrected chi connectivity index (χ4v) is 3.13. The van der Waals surface area contributed by atoms with Crippen molar-refractivity contribution in [1.82, 2.24) is 0 Å². The Morgan fingerprint density at radius 2 is 2.29 bits per heavy atom. The second-order valence-corrected chi connectivity index (χ2v) is 5.39. The number of rotatable bonds is 1. The first kappa shape index (κ1) is 10.2. The predicted molar refractivity (Wildman–Crippen MR) is 64.4 cm³/mol. The van der Waals surface area contributed by atoms with E-state index in [9.17, 15) is 0 Å². The van der Waals surface area contributed by atoms with Gasteiger partial charge in [-0.2, -0.15) is 0 Å². The minimum absolute atomic E-state index is 0.535. The lowest BCUT2D eigenvalue weighted by Gasteiger charge is -2.29. The highest BCUT2D eigenvalue weighted by atomic mass is 35.5. The third-order valence-corrected chi connectivity index (χ3v) is 4.02. The summed E-state index contributed by atoms with van der Waals surface area (Å²) < 4.78 is 0. The van der Waals surface area contributed by atoms with Crippen molar-refractivity contribution in [2.45, 2.75) is 24.8 Å². The lowest BCUT2D eigenvalue weighted by molar-refractivity contribution is 0.562. The number of anilines is 1. The first-order chi connectivity index (χ1) is 6.68. The van der Waals surface area contributed by atoms with Gasteiger partial charge in [-0.3, -0.25) is 0 Å². The molecule has 2 rings (SSSR count). The molecule has 0 fully saturated rings. The van der Waals surface area contributed by atoms with E-state index in [4.69, 9.17) is 11.6 Å². The largest absolute Gasteiger partial charge is 0.379 e. The molecule has 1 aliphatic rings. The van der Waals surface area contributed by atoms with Gasteiger partial charge in [-0.1, -0.05) is 31.5 Å². The maximum atomic E-state index is 6.14. The van der Waals surface area contributed by atoms with E-state index < -0.39 is 0 Å². The van der Waals surface area contributed by atoms with E-state index in [1.54, 1.807) is 0 Å². The molecule has 0 spiro atoms. The molecule has 1 atom stereocenters. The highest BCUT2D eigenvalue weighted by Gasteiger charge is 2.21. The zero-order valence-electron chi connectivity index (χ0n) is 8.38. The monoisotopic (exact) mass is 227 g/mol. The van der Waals surface area contributed by atoms with Gasteiger partial charge in [0.1, 0.15) is 0 Å². The second kappa shape index (κ2) is 4.03. The van der Waals surface area contributed by atoms with Crippen molar-refractivity contribution < 1.29 is 0 Å². The molecule has 0 saturated carbocycles. The van der Waals surface area contributed by atoms with Crippen LogP contribution in [-0.2, 0) is 0 Å². The van der Waals surface area contributed by atoms with Gasteiger partial charge in [0.25, 0.3) is 0 Å². The zero-order chi connectivity index (χ0) is 10.1. The van der Waals surface area contributed by atoms with Gasteiger partial charge in [-0.15, -0.1) is 11.8 Å². The van der Waals surface area contributed by atoms with Crippen LogP contribution >= 0.6 is 23.4 Å². The molecular weight excluding hydrogens is 214 g/mol. The maximum absolute atomic E-state index is 6.14. The van der Waals surface area contributed by atoms with Crippen LogP contribution in [0.2, 0.25) is 5.02 Å². The molecule has 3 heteroatoms. The van der Waals surface area contributed by atoms with Crippen molar-refractivity contribution in [2.75, 3.05) is 11.1 Å². The second-order valence-electron chi connectivity index (χ2n) is 3.92. The van der Waals surface area contributed by atoms with Crippen LogP contribution in [0.3, 0.4) is 0 Å². The Morgan fingerprint density at radius 1 is 1.50 bits per heavy atom. The molecule has 1 heterocycles. The number of benzene rings is 1. The molecule has 0 bridgehead atoms. The Balaban J connectivity index is 2.29. The number of nitrogens with one attached hydrogen (secondary N) is 1. The molecule has 1 aliphatic heterocycles. The van der Waals surface area contributed by atoms with Crippen molar-refractivity contribution in [3.8, 4) is 0 Å². The van der Waals surface area contributed by atoms with E-state index in [0.29, 0.717) is 12.0 Å². The lowest BCUT2D eigenvalue weighted by atomic mass is 10.1. The van der Waals surface area contributed by atoms with Gasteiger partial charge in [0, 0.05) is 16.7 Å². The standard InChI is InChI=1S/C11H14ClNS/c1-7(2)9-6-14-10-5-3-4-8(12)11(10)13-9/h3-5,7,9,13H,6H2,1-2H3. The summed E-state index contributed by atoms with van der Waals surface area (Å²) in [6.45, 7) is 4.47. The van der Waals surface area contributed by atoms with E-state index in [1.165, 1.54) is 4.90 Å². The van der Waals surface area contributed by atoms with E-state index in [0.717, 1.165) is 16.5 Å². The van der Waals surface area contributed by atoms with Crippen LogP contribution in [0.15, 0.2) is 23.1 Å². The number of para-hydroxylation sites is 1. The van der Waals surface area contributed by atoms with Crippen LogP contribution in [-0.4, -0.2) is 11.8 Å².